The van der Waals surface area contributed by atoms with Gasteiger partial charge in [-0.25, -0.2) is 13.4 Å². The summed E-state index contributed by atoms with van der Waals surface area (Å²) < 4.78 is 35.2. The molecule has 4 rings (SSSR count). The molecule has 0 bridgehead atoms. The van der Waals surface area contributed by atoms with Gasteiger partial charge in [-0.1, -0.05) is 6.42 Å². The van der Waals surface area contributed by atoms with E-state index in [0.717, 1.165) is 42.9 Å². The molecule has 7 nitrogen and oxygen atoms in total. The fourth-order valence-electron chi connectivity index (χ4n) is 3.94. The molecule has 1 atom stereocenters. The molecule has 1 aliphatic heterocycles. The first-order valence-corrected chi connectivity index (χ1v) is 11.7. The molecule has 2 aromatic heterocycles. The second-order valence-electron chi connectivity index (χ2n) is 7.51. The van der Waals surface area contributed by atoms with E-state index >= 15 is 0 Å². The topological polar surface area (TPSA) is 80.4 Å². The van der Waals surface area contributed by atoms with Gasteiger partial charge in [0.25, 0.3) is 0 Å². The highest BCUT2D eigenvalue weighted by Gasteiger charge is 2.26. The van der Waals surface area contributed by atoms with Crippen molar-refractivity contribution >= 4 is 21.1 Å². The first-order valence-electron chi connectivity index (χ1n) is 10.3. The van der Waals surface area contributed by atoms with Gasteiger partial charge in [-0.2, -0.15) is 4.31 Å². The lowest BCUT2D eigenvalue weighted by Crippen LogP contribution is -2.35. The van der Waals surface area contributed by atoms with Crippen molar-refractivity contribution < 1.29 is 12.8 Å². The van der Waals surface area contributed by atoms with Crippen molar-refractivity contribution in [2.24, 2.45) is 0 Å². The summed E-state index contributed by atoms with van der Waals surface area (Å²) in [5.41, 5.74) is 1.67. The summed E-state index contributed by atoms with van der Waals surface area (Å²) in [7, 11) is -3.46. The molecule has 0 radical (unpaired) electrons. The molecular formula is C21H28N4O3S. The van der Waals surface area contributed by atoms with Crippen LogP contribution < -0.4 is 5.32 Å². The first kappa shape index (κ1) is 20.1. The molecule has 0 amide bonds. The van der Waals surface area contributed by atoms with Crippen molar-refractivity contribution in [3.05, 3.63) is 48.2 Å². The molecule has 0 spiro atoms. The van der Waals surface area contributed by atoms with Gasteiger partial charge in [0.2, 0.25) is 10.0 Å². The fraction of sp³-hybridized carbons (Fsp3) is 0.476. The number of piperidine rings is 1. The number of rotatable bonds is 7. The summed E-state index contributed by atoms with van der Waals surface area (Å²) in [6.45, 7) is 6.65. The Bertz CT molecular complexity index is 1070. The van der Waals surface area contributed by atoms with Crippen LogP contribution in [0.4, 0.5) is 0 Å². The standard InChI is InChI=1S/C21H28N4O3S/c1-3-25-19-10-9-17(29(26,27)24-11-5-4-6-12-24)14-18(19)23-21(25)15-22-16(2)20-8-7-13-28-20/h7-10,13-14,16,22H,3-6,11-12,15H2,1-2H3/t16-/m0/s1. The molecule has 3 aromatic rings. The highest BCUT2D eigenvalue weighted by atomic mass is 32.2. The Balaban J connectivity index is 1.60. The lowest BCUT2D eigenvalue weighted by Gasteiger charge is -2.25. The molecule has 1 N–H and O–H groups in total. The van der Waals surface area contributed by atoms with Crippen molar-refractivity contribution in [1.82, 2.24) is 19.2 Å². The molecule has 0 aliphatic carbocycles. The summed E-state index contributed by atoms with van der Waals surface area (Å²) in [5.74, 6) is 1.76. The van der Waals surface area contributed by atoms with Crippen LogP contribution in [0.3, 0.4) is 0 Å². The number of aromatic nitrogens is 2. The van der Waals surface area contributed by atoms with Crippen LogP contribution in [0.25, 0.3) is 11.0 Å². The number of hydrogen-bond acceptors (Lipinski definition) is 5. The van der Waals surface area contributed by atoms with E-state index in [2.05, 4.69) is 16.8 Å². The molecule has 1 aliphatic rings. The molecule has 1 aromatic carbocycles. The van der Waals surface area contributed by atoms with Gasteiger partial charge in [-0.05, 0) is 57.0 Å². The summed E-state index contributed by atoms with van der Waals surface area (Å²) >= 11 is 0. The molecule has 3 heterocycles. The van der Waals surface area contributed by atoms with Crippen LogP contribution in [0.5, 0.6) is 0 Å². The fourth-order valence-corrected chi connectivity index (χ4v) is 5.48. The molecule has 156 valence electrons. The quantitative estimate of drug-likeness (QED) is 0.636. The SMILES string of the molecule is CCn1c(CN[C@@H](C)c2ccco2)nc2cc(S(=O)(=O)N3CCCCC3)ccc21. The van der Waals surface area contributed by atoms with Crippen LogP contribution in [0.1, 0.15) is 50.7 Å². The van der Waals surface area contributed by atoms with Crippen LogP contribution in [0.15, 0.2) is 45.9 Å². The number of nitrogens with one attached hydrogen (secondary N) is 1. The van der Waals surface area contributed by atoms with Crippen LogP contribution >= 0.6 is 0 Å². The van der Waals surface area contributed by atoms with Gasteiger partial charge in [-0.15, -0.1) is 0 Å². The maximum absolute atomic E-state index is 13.0. The van der Waals surface area contributed by atoms with Gasteiger partial charge in [0.1, 0.15) is 11.6 Å². The van der Waals surface area contributed by atoms with E-state index in [4.69, 9.17) is 9.40 Å². The van der Waals surface area contributed by atoms with Crippen molar-refractivity contribution in [3.63, 3.8) is 0 Å². The van der Waals surface area contributed by atoms with E-state index in [1.165, 1.54) is 0 Å². The van der Waals surface area contributed by atoms with E-state index in [0.29, 0.717) is 30.0 Å². The number of nitrogens with zero attached hydrogens (tertiary/aromatic N) is 3. The zero-order valence-corrected chi connectivity index (χ0v) is 17.8. The van der Waals surface area contributed by atoms with Gasteiger partial charge in [0.15, 0.2) is 0 Å². The van der Waals surface area contributed by atoms with E-state index in [-0.39, 0.29) is 6.04 Å². The highest BCUT2D eigenvalue weighted by molar-refractivity contribution is 7.89. The molecule has 1 saturated heterocycles. The Morgan fingerprint density at radius 3 is 2.69 bits per heavy atom. The van der Waals surface area contributed by atoms with E-state index in [9.17, 15) is 8.42 Å². The van der Waals surface area contributed by atoms with E-state index in [1.54, 1.807) is 22.7 Å². The summed E-state index contributed by atoms with van der Waals surface area (Å²) in [5, 5.41) is 3.43. The second kappa shape index (κ2) is 8.30. The Hall–Kier alpha value is -2.16. The lowest BCUT2D eigenvalue weighted by atomic mass is 10.2. The van der Waals surface area contributed by atoms with Crippen molar-refractivity contribution in [1.29, 1.82) is 0 Å². The molecule has 1 fully saturated rings. The molecule has 8 heteroatoms. The summed E-state index contributed by atoms with van der Waals surface area (Å²) in [6.07, 6.45) is 4.61. The monoisotopic (exact) mass is 416 g/mol. The van der Waals surface area contributed by atoms with Crippen LogP contribution in [-0.2, 0) is 23.1 Å². The zero-order chi connectivity index (χ0) is 20.4. The normalized spacial score (nSPS) is 17.0. The van der Waals surface area contributed by atoms with Gasteiger partial charge in [-0.3, -0.25) is 0 Å². The van der Waals surface area contributed by atoms with E-state index < -0.39 is 10.0 Å². The Morgan fingerprint density at radius 1 is 1.21 bits per heavy atom. The largest absolute Gasteiger partial charge is 0.468 e. The number of sulfonamides is 1. The number of hydrogen-bond donors (Lipinski definition) is 1. The second-order valence-corrected chi connectivity index (χ2v) is 9.44. The Kier molecular flexibility index (Phi) is 5.76. The van der Waals surface area contributed by atoms with Crippen LogP contribution in [0.2, 0.25) is 0 Å². The molecular weight excluding hydrogens is 388 g/mol. The minimum absolute atomic E-state index is 0.0603. The minimum Gasteiger partial charge on any atom is -0.468 e. The lowest BCUT2D eigenvalue weighted by molar-refractivity contribution is 0.346. The minimum atomic E-state index is -3.46. The van der Waals surface area contributed by atoms with Crippen molar-refractivity contribution in [2.45, 2.75) is 57.1 Å². The number of furan rings is 1. The predicted octanol–water partition coefficient (Wildman–Crippen LogP) is 3.67. The molecule has 29 heavy (non-hydrogen) atoms. The third-order valence-electron chi connectivity index (χ3n) is 5.60. The van der Waals surface area contributed by atoms with Crippen molar-refractivity contribution in [2.75, 3.05) is 13.1 Å². The third kappa shape index (κ3) is 3.97. The van der Waals surface area contributed by atoms with Gasteiger partial charge >= 0.3 is 0 Å². The zero-order valence-electron chi connectivity index (χ0n) is 17.0. The molecule has 0 unspecified atom stereocenters. The number of fused-ring (bicyclic) bond motifs is 1. The Labute approximate surface area is 171 Å². The average Bonchev–Trinajstić information content (AvgIpc) is 3.39. The average molecular weight is 417 g/mol. The van der Waals surface area contributed by atoms with Gasteiger partial charge < -0.3 is 14.3 Å². The summed E-state index contributed by atoms with van der Waals surface area (Å²) in [6, 6.07) is 9.18. The maximum Gasteiger partial charge on any atom is 0.243 e. The highest BCUT2D eigenvalue weighted by Crippen LogP contribution is 2.25. The van der Waals surface area contributed by atoms with Gasteiger partial charge in [0, 0.05) is 19.6 Å². The third-order valence-corrected chi connectivity index (χ3v) is 7.50. The van der Waals surface area contributed by atoms with Crippen LogP contribution in [0, 0.1) is 0 Å². The number of benzene rings is 1. The first-order chi connectivity index (χ1) is 14.0. The van der Waals surface area contributed by atoms with E-state index in [1.807, 2.05) is 25.1 Å². The van der Waals surface area contributed by atoms with Crippen molar-refractivity contribution in [3.8, 4) is 0 Å². The number of aryl methyl sites for hydroxylation is 1. The Morgan fingerprint density at radius 2 is 2.00 bits per heavy atom. The number of imidazole rings is 1. The molecule has 0 saturated carbocycles. The smallest absolute Gasteiger partial charge is 0.243 e. The predicted molar refractivity (Wildman–Crippen MR) is 112 cm³/mol. The summed E-state index contributed by atoms with van der Waals surface area (Å²) in [4.78, 5) is 5.07. The van der Waals surface area contributed by atoms with Gasteiger partial charge in [0.05, 0.1) is 34.8 Å². The van der Waals surface area contributed by atoms with Crippen LogP contribution in [-0.4, -0.2) is 35.4 Å². The maximum atomic E-state index is 13.0.